The molecule has 5 atom stereocenters. The highest BCUT2D eigenvalue weighted by Crippen LogP contribution is 2.45. The zero-order valence-corrected chi connectivity index (χ0v) is 66.6. The van der Waals surface area contributed by atoms with E-state index in [0.717, 1.165) is 154 Å². The molecule has 0 aliphatic heterocycles. The van der Waals surface area contributed by atoms with Gasteiger partial charge in [0.05, 0.1) is 26.4 Å². The first-order chi connectivity index (χ1) is 49.7. The summed E-state index contributed by atoms with van der Waals surface area (Å²) < 4.78 is 68.6. The van der Waals surface area contributed by atoms with Crippen LogP contribution in [0.1, 0.15) is 362 Å². The maximum absolute atomic E-state index is 13.1. The number of ether oxygens (including phenoxy) is 4. The number of aliphatic hydroxyl groups excluding tert-OH is 1. The lowest BCUT2D eigenvalue weighted by Crippen LogP contribution is -2.30. The predicted molar refractivity (Wildman–Crippen MR) is 418 cm³/mol. The largest absolute Gasteiger partial charge is 0.472 e. The Labute approximate surface area is 621 Å². The molecule has 19 heteroatoms. The van der Waals surface area contributed by atoms with Gasteiger partial charge in [0.2, 0.25) is 0 Å². The van der Waals surface area contributed by atoms with Crippen LogP contribution in [0, 0.1) is 0 Å². The molecule has 0 fully saturated rings. The average Bonchev–Trinajstić information content (AvgIpc) is 0.908. The van der Waals surface area contributed by atoms with Gasteiger partial charge in [-0.25, -0.2) is 9.13 Å². The molecule has 17 nitrogen and oxygen atoms in total. The van der Waals surface area contributed by atoms with Gasteiger partial charge in [-0.2, -0.15) is 0 Å². The zero-order valence-electron chi connectivity index (χ0n) is 64.8. The first-order valence-corrected chi connectivity index (χ1v) is 43.8. The molecule has 0 aliphatic carbocycles. The van der Waals surface area contributed by atoms with E-state index in [1.165, 1.54) is 128 Å². The Morgan fingerprint density at radius 3 is 0.804 bits per heavy atom. The minimum atomic E-state index is -4.98. The number of rotatable bonds is 77. The summed E-state index contributed by atoms with van der Waals surface area (Å²) in [7, 11) is -9.96. The van der Waals surface area contributed by atoms with Crippen LogP contribution in [0.15, 0.2) is 85.1 Å². The van der Waals surface area contributed by atoms with Gasteiger partial charge in [0.25, 0.3) is 0 Å². The molecule has 0 aromatic carbocycles. The molecular weight excluding hydrogens is 1330 g/mol. The fourth-order valence-electron chi connectivity index (χ4n) is 11.1. The standard InChI is InChI=1S/C83H148O17P2/c1-5-9-13-17-21-25-29-33-36-37-38-39-42-45-48-52-56-60-64-68-81(86)94-73-78(99-82(87)69-65-61-57-53-49-43-32-28-24-20-16-12-8-4)75-97-101(89,90)95-71-77(84)72-96-102(91,92)98-76-79(100-83(88)70-66-62-58-54-50-46-41-35-31-27-23-19-15-11-7-3)74-93-80(85)67-63-59-55-51-47-44-40-34-30-26-22-18-14-10-6-2/h9,13,21,25,33-36,38-41,45,48,77-79,84H,5-8,10-12,14-20,22-24,26-32,37,42-44,46-47,49-76H2,1-4H3,(H,89,90)(H,91,92)/b13-9-,25-21-,36-33-,39-38-,40-34-,41-35-,48-45-. The SMILES string of the molecule is CC/C=C\C/C=C\C/C=C\C/C=C\C/C=C\CCCCCC(=O)OCC(COP(=O)(O)OCC(O)COP(=O)(O)OCC(COC(=O)CCCCCCC/C=C\CCCCCCCC)OC(=O)CCCCCCC/C=C\CCCCCCCC)OC(=O)CCCCCCCCCCCCCCC. The van der Waals surface area contributed by atoms with Gasteiger partial charge in [-0.3, -0.25) is 37.3 Å². The van der Waals surface area contributed by atoms with E-state index in [1.54, 1.807) is 0 Å². The molecule has 102 heavy (non-hydrogen) atoms. The number of hydrogen-bond acceptors (Lipinski definition) is 15. The second-order valence-electron chi connectivity index (χ2n) is 27.3. The van der Waals surface area contributed by atoms with E-state index in [4.69, 9.17) is 37.0 Å². The normalized spacial score (nSPS) is 14.3. The van der Waals surface area contributed by atoms with Gasteiger partial charge in [0.15, 0.2) is 12.2 Å². The topological polar surface area (TPSA) is 237 Å². The summed E-state index contributed by atoms with van der Waals surface area (Å²) >= 11 is 0. The van der Waals surface area contributed by atoms with Crippen LogP contribution < -0.4 is 0 Å². The van der Waals surface area contributed by atoms with Crippen LogP contribution in [0.2, 0.25) is 0 Å². The highest BCUT2D eigenvalue weighted by Gasteiger charge is 2.30. The van der Waals surface area contributed by atoms with Crippen molar-refractivity contribution in [3.8, 4) is 0 Å². The van der Waals surface area contributed by atoms with Crippen LogP contribution in [0.4, 0.5) is 0 Å². The summed E-state index contributed by atoms with van der Waals surface area (Å²) in [6.07, 6.45) is 78.4. The number of unbranched alkanes of at least 4 members (excludes halogenated alkanes) is 37. The average molecular weight is 1480 g/mol. The van der Waals surface area contributed by atoms with Crippen LogP contribution in [0.3, 0.4) is 0 Å². The Bertz CT molecular complexity index is 2260. The monoisotopic (exact) mass is 1480 g/mol. The smallest absolute Gasteiger partial charge is 0.462 e. The van der Waals surface area contributed by atoms with E-state index in [-0.39, 0.29) is 25.7 Å². The number of carbonyl (C=O) groups is 4. The number of allylic oxidation sites excluding steroid dienone is 14. The highest BCUT2D eigenvalue weighted by atomic mass is 31.2. The molecule has 0 heterocycles. The van der Waals surface area contributed by atoms with Gasteiger partial charge in [-0.1, -0.05) is 299 Å². The summed E-state index contributed by atoms with van der Waals surface area (Å²) in [4.78, 5) is 73.0. The van der Waals surface area contributed by atoms with Gasteiger partial charge in [0.1, 0.15) is 19.3 Å². The van der Waals surface area contributed by atoms with Crippen molar-refractivity contribution in [2.24, 2.45) is 0 Å². The minimum absolute atomic E-state index is 0.0858. The van der Waals surface area contributed by atoms with Crippen molar-refractivity contribution in [3.63, 3.8) is 0 Å². The van der Waals surface area contributed by atoms with Crippen LogP contribution in [-0.2, 0) is 65.4 Å². The Hall–Kier alpha value is -3.76. The van der Waals surface area contributed by atoms with E-state index < -0.39 is 97.5 Å². The molecule has 0 amide bonds. The fraction of sp³-hybridized carbons (Fsp3) is 0.783. The van der Waals surface area contributed by atoms with Crippen LogP contribution >= 0.6 is 15.6 Å². The third-order valence-corrected chi connectivity index (χ3v) is 19.2. The van der Waals surface area contributed by atoms with Crippen molar-refractivity contribution in [2.45, 2.75) is 380 Å². The molecule has 0 bridgehead atoms. The summed E-state index contributed by atoms with van der Waals surface area (Å²) in [5, 5.41) is 10.6. The molecule has 3 N–H and O–H groups in total. The van der Waals surface area contributed by atoms with Crippen LogP contribution in [0.25, 0.3) is 0 Å². The molecule has 0 saturated carbocycles. The first kappa shape index (κ1) is 98.2. The van der Waals surface area contributed by atoms with Crippen molar-refractivity contribution in [1.29, 1.82) is 0 Å². The van der Waals surface area contributed by atoms with E-state index in [1.807, 2.05) is 0 Å². The van der Waals surface area contributed by atoms with E-state index >= 15 is 0 Å². The van der Waals surface area contributed by atoms with Crippen LogP contribution in [-0.4, -0.2) is 96.7 Å². The van der Waals surface area contributed by atoms with Crippen molar-refractivity contribution < 1.29 is 80.2 Å². The Morgan fingerprint density at radius 1 is 0.284 bits per heavy atom. The Kier molecular flexibility index (Phi) is 72.7. The third kappa shape index (κ3) is 74.5. The van der Waals surface area contributed by atoms with Gasteiger partial charge in [-0.15, -0.1) is 0 Å². The Morgan fingerprint density at radius 2 is 0.510 bits per heavy atom. The highest BCUT2D eigenvalue weighted by molar-refractivity contribution is 7.47. The molecule has 0 spiro atoms. The predicted octanol–water partition coefficient (Wildman–Crippen LogP) is 23.8. The van der Waals surface area contributed by atoms with Gasteiger partial charge in [-0.05, 0) is 122 Å². The van der Waals surface area contributed by atoms with E-state index in [2.05, 4.69) is 113 Å². The second-order valence-corrected chi connectivity index (χ2v) is 30.2. The molecular formula is C83H148O17P2. The van der Waals surface area contributed by atoms with Gasteiger partial charge in [0, 0.05) is 25.7 Å². The van der Waals surface area contributed by atoms with Crippen LogP contribution in [0.5, 0.6) is 0 Å². The van der Waals surface area contributed by atoms with Gasteiger partial charge >= 0.3 is 39.5 Å². The maximum atomic E-state index is 13.1. The first-order valence-electron chi connectivity index (χ1n) is 40.8. The minimum Gasteiger partial charge on any atom is -0.462 e. The molecule has 0 aromatic heterocycles. The summed E-state index contributed by atoms with van der Waals surface area (Å²) in [5.41, 5.74) is 0. The lowest BCUT2D eigenvalue weighted by molar-refractivity contribution is -0.161. The lowest BCUT2D eigenvalue weighted by Gasteiger charge is -2.21. The summed E-state index contributed by atoms with van der Waals surface area (Å²) in [5.74, 6) is -2.20. The maximum Gasteiger partial charge on any atom is 0.472 e. The lowest BCUT2D eigenvalue weighted by atomic mass is 10.0. The quantitative estimate of drug-likeness (QED) is 0.0169. The second kappa shape index (κ2) is 75.5. The molecule has 0 rings (SSSR count). The molecule has 5 unspecified atom stereocenters. The van der Waals surface area contributed by atoms with Crippen molar-refractivity contribution in [1.82, 2.24) is 0 Å². The zero-order chi connectivity index (χ0) is 74.6. The van der Waals surface area contributed by atoms with Crippen molar-refractivity contribution in [2.75, 3.05) is 39.6 Å². The van der Waals surface area contributed by atoms with E-state index in [0.29, 0.717) is 25.7 Å². The number of phosphoric ester groups is 2. The Balaban J connectivity index is 5.36. The van der Waals surface area contributed by atoms with Crippen molar-refractivity contribution in [3.05, 3.63) is 85.1 Å². The number of phosphoric acid groups is 2. The molecule has 0 aromatic rings. The molecule has 0 saturated heterocycles. The number of aliphatic hydroxyl groups is 1. The summed E-state index contributed by atoms with van der Waals surface area (Å²) in [6, 6.07) is 0. The molecule has 592 valence electrons. The number of hydrogen-bond donors (Lipinski definition) is 3. The molecule has 0 aliphatic rings. The third-order valence-electron chi connectivity index (χ3n) is 17.3. The van der Waals surface area contributed by atoms with Crippen molar-refractivity contribution >= 4 is 39.5 Å². The summed E-state index contributed by atoms with van der Waals surface area (Å²) in [6.45, 7) is 4.76. The number of esters is 4. The fourth-order valence-corrected chi connectivity index (χ4v) is 12.7. The van der Waals surface area contributed by atoms with Gasteiger partial charge < -0.3 is 33.8 Å². The molecule has 0 radical (unpaired) electrons. The number of carbonyl (C=O) groups excluding carboxylic acids is 4. The van der Waals surface area contributed by atoms with E-state index in [9.17, 15) is 43.2 Å².